The number of carbonyl (C=O) groups is 1. The molecule has 0 bridgehead atoms. The Labute approximate surface area is 243 Å². The molecule has 6 nitrogen and oxygen atoms in total. The summed E-state index contributed by atoms with van der Waals surface area (Å²) in [6.07, 6.45) is 2.76. The molecule has 1 unspecified atom stereocenters. The molecule has 41 heavy (non-hydrogen) atoms. The van der Waals surface area contributed by atoms with Gasteiger partial charge in [-0.25, -0.2) is 0 Å². The summed E-state index contributed by atoms with van der Waals surface area (Å²) < 4.78 is 37.7. The predicted octanol–water partition coefficient (Wildman–Crippen LogP) is 7.42. The van der Waals surface area contributed by atoms with Crippen LogP contribution in [0.5, 0.6) is 23.0 Å². The number of carbonyl (C=O) groups excluding carboxylic acids is 1. The van der Waals surface area contributed by atoms with Gasteiger partial charge in [0, 0.05) is 47.6 Å². The second-order valence-electron chi connectivity index (χ2n) is 10.7. The molecule has 0 N–H and O–H groups in total. The van der Waals surface area contributed by atoms with Crippen molar-refractivity contribution in [3.05, 3.63) is 82.7 Å². The van der Waals surface area contributed by atoms with Gasteiger partial charge >= 0.3 is 0 Å². The summed E-state index contributed by atoms with van der Waals surface area (Å²) in [7, 11) is 0. The first kappa shape index (κ1) is 27.7. The molecule has 2 aliphatic rings. The van der Waals surface area contributed by atoms with Crippen molar-refractivity contribution in [3.8, 4) is 23.0 Å². The molecular weight excluding hydrogens is 541 g/mol. The zero-order chi connectivity index (χ0) is 28.2. The number of nitrogens with zero attached hydrogens (tertiary/aromatic N) is 1. The van der Waals surface area contributed by atoms with Gasteiger partial charge in [0.15, 0.2) is 12.0 Å². The number of benzene rings is 3. The summed E-state index contributed by atoms with van der Waals surface area (Å²) in [5.41, 5.74) is 1.57. The zero-order valence-electron chi connectivity index (χ0n) is 23.1. The van der Waals surface area contributed by atoms with Crippen LogP contribution in [-0.4, -0.2) is 56.5 Å². The molecule has 1 atom stereocenters. The summed E-state index contributed by atoms with van der Waals surface area (Å²) in [4.78, 5) is 16.5. The molecule has 8 heteroatoms. The van der Waals surface area contributed by atoms with Crippen molar-refractivity contribution in [2.75, 3.05) is 39.5 Å². The number of aryl methyl sites for hydroxylation is 1. The highest BCUT2D eigenvalue weighted by Gasteiger charge is 2.26. The molecule has 0 radical (unpaired) electrons. The van der Waals surface area contributed by atoms with Gasteiger partial charge in [-0.1, -0.05) is 24.3 Å². The summed E-state index contributed by atoms with van der Waals surface area (Å²) >= 11 is 1.41. The fraction of sp³-hybridized carbons (Fsp3) is 0.364. The van der Waals surface area contributed by atoms with Gasteiger partial charge < -0.3 is 18.9 Å². The quantitative estimate of drug-likeness (QED) is 0.174. The molecule has 3 aromatic carbocycles. The molecule has 6 rings (SSSR count). The van der Waals surface area contributed by atoms with E-state index in [0.29, 0.717) is 40.9 Å². The minimum Gasteiger partial charge on any atom is -0.492 e. The predicted molar refractivity (Wildman–Crippen MR) is 159 cm³/mol. The van der Waals surface area contributed by atoms with Gasteiger partial charge in [0.1, 0.15) is 28.7 Å². The van der Waals surface area contributed by atoms with E-state index in [1.807, 2.05) is 73.7 Å². The van der Waals surface area contributed by atoms with Crippen LogP contribution in [0.15, 0.2) is 66.7 Å². The Bertz CT molecular complexity index is 1490. The van der Waals surface area contributed by atoms with Crippen molar-refractivity contribution in [1.82, 2.24) is 4.90 Å². The molecular formula is C33H34FNO5S. The monoisotopic (exact) mass is 575 g/mol. The van der Waals surface area contributed by atoms with Gasteiger partial charge in [-0.3, -0.25) is 14.1 Å². The maximum absolute atomic E-state index is 13.8. The Balaban J connectivity index is 1.22. The molecule has 3 heterocycles. The number of ketones is 1. The number of thiophene rings is 1. The van der Waals surface area contributed by atoms with Crippen molar-refractivity contribution < 1.29 is 28.1 Å². The highest BCUT2D eigenvalue weighted by molar-refractivity contribution is 7.21. The first-order valence-electron chi connectivity index (χ1n) is 14.2. The van der Waals surface area contributed by atoms with Crippen LogP contribution in [0.2, 0.25) is 0 Å². The number of halogens is 1. The smallest absolute Gasteiger partial charge is 0.207 e. The van der Waals surface area contributed by atoms with Gasteiger partial charge in [-0.2, -0.15) is 0 Å². The Morgan fingerprint density at radius 2 is 1.80 bits per heavy atom. The Morgan fingerprint density at radius 1 is 1.02 bits per heavy atom. The lowest BCUT2D eigenvalue weighted by Gasteiger charge is -2.37. The van der Waals surface area contributed by atoms with E-state index in [2.05, 4.69) is 4.90 Å². The van der Waals surface area contributed by atoms with Crippen LogP contribution < -0.4 is 14.2 Å². The average molecular weight is 576 g/mol. The SMILES string of the molecule is Cc1ccccc1C(=O)c1sc2cc(OC3CCCCO3)ccc2c1Oc1ccc(OCCN2CC(CF)C2)cc1. The number of likely N-dealkylation sites (tertiary alicyclic amines) is 1. The van der Waals surface area contributed by atoms with Crippen LogP contribution in [0.25, 0.3) is 10.1 Å². The Morgan fingerprint density at radius 3 is 2.56 bits per heavy atom. The normalized spacial score (nSPS) is 17.8. The van der Waals surface area contributed by atoms with Crippen molar-refractivity contribution in [3.63, 3.8) is 0 Å². The minimum absolute atomic E-state index is 0.0710. The van der Waals surface area contributed by atoms with Crippen LogP contribution in [-0.2, 0) is 4.74 Å². The third kappa shape index (κ3) is 6.40. The summed E-state index contributed by atoms with van der Waals surface area (Å²) in [5.74, 6) is 2.70. The molecule has 0 aliphatic carbocycles. The molecule has 0 spiro atoms. The van der Waals surface area contributed by atoms with Gasteiger partial charge in [-0.15, -0.1) is 11.3 Å². The van der Waals surface area contributed by atoms with Crippen LogP contribution in [0, 0.1) is 12.8 Å². The zero-order valence-corrected chi connectivity index (χ0v) is 24.0. The first-order chi connectivity index (χ1) is 20.1. The number of hydrogen-bond donors (Lipinski definition) is 0. The lowest BCUT2D eigenvalue weighted by Crippen LogP contribution is -2.49. The van der Waals surface area contributed by atoms with Crippen LogP contribution in [0.1, 0.15) is 40.1 Å². The third-order valence-corrected chi connectivity index (χ3v) is 8.72. The fourth-order valence-corrected chi connectivity index (χ4v) is 6.37. The fourth-order valence-electron chi connectivity index (χ4n) is 5.25. The van der Waals surface area contributed by atoms with E-state index >= 15 is 0 Å². The number of ether oxygens (including phenoxy) is 4. The topological polar surface area (TPSA) is 57.2 Å². The van der Waals surface area contributed by atoms with Crippen molar-refractivity contribution >= 4 is 27.2 Å². The second-order valence-corrected chi connectivity index (χ2v) is 11.7. The standard InChI is InChI=1S/C33H34FNO5S/c1-22-6-2-3-7-27(22)31(36)33-32(28-14-13-26(18-29(28)41-33)39-30-8-4-5-16-38-30)40-25-11-9-24(10-12-25)37-17-15-35-20-23(19-34)21-35/h2-3,6-7,9-14,18,23,30H,4-5,8,15-17,19-21H2,1H3. The molecule has 4 aromatic rings. The third-order valence-electron chi connectivity index (χ3n) is 7.59. The maximum Gasteiger partial charge on any atom is 0.207 e. The maximum atomic E-state index is 13.8. The van der Waals surface area contributed by atoms with E-state index in [0.717, 1.165) is 60.3 Å². The molecule has 2 aliphatic heterocycles. The molecule has 2 saturated heterocycles. The van der Waals surface area contributed by atoms with E-state index in [-0.39, 0.29) is 24.7 Å². The van der Waals surface area contributed by atoms with E-state index in [4.69, 9.17) is 18.9 Å². The van der Waals surface area contributed by atoms with Crippen LogP contribution in [0.3, 0.4) is 0 Å². The average Bonchev–Trinajstić information content (AvgIpc) is 3.33. The van der Waals surface area contributed by atoms with Crippen LogP contribution in [0.4, 0.5) is 4.39 Å². The summed E-state index contributed by atoms with van der Waals surface area (Å²) in [6, 6.07) is 20.9. The summed E-state index contributed by atoms with van der Waals surface area (Å²) in [5, 5.41) is 0.852. The van der Waals surface area contributed by atoms with Crippen molar-refractivity contribution in [2.45, 2.75) is 32.5 Å². The lowest BCUT2D eigenvalue weighted by atomic mass is 10.0. The van der Waals surface area contributed by atoms with E-state index in [1.165, 1.54) is 11.3 Å². The molecule has 214 valence electrons. The lowest BCUT2D eigenvalue weighted by molar-refractivity contribution is -0.105. The highest BCUT2D eigenvalue weighted by atomic mass is 32.1. The van der Waals surface area contributed by atoms with Gasteiger partial charge in [0.05, 0.1) is 13.3 Å². The Hall–Kier alpha value is -3.46. The van der Waals surface area contributed by atoms with Crippen molar-refractivity contribution in [2.24, 2.45) is 5.92 Å². The van der Waals surface area contributed by atoms with E-state index in [1.54, 1.807) is 0 Å². The molecule has 2 fully saturated rings. The molecule has 1 aromatic heterocycles. The number of fused-ring (bicyclic) bond motifs is 1. The van der Waals surface area contributed by atoms with Crippen LogP contribution >= 0.6 is 11.3 Å². The van der Waals surface area contributed by atoms with Crippen molar-refractivity contribution in [1.29, 1.82) is 0 Å². The number of alkyl halides is 1. The minimum atomic E-state index is -0.249. The van der Waals surface area contributed by atoms with E-state index < -0.39 is 0 Å². The van der Waals surface area contributed by atoms with Gasteiger partial charge in [0.2, 0.25) is 5.78 Å². The highest BCUT2D eigenvalue weighted by Crippen LogP contribution is 2.43. The first-order valence-corrected chi connectivity index (χ1v) is 15.0. The number of rotatable bonds is 11. The second kappa shape index (κ2) is 12.6. The summed E-state index contributed by atoms with van der Waals surface area (Å²) in [6.45, 7) is 5.32. The largest absolute Gasteiger partial charge is 0.492 e. The van der Waals surface area contributed by atoms with Gasteiger partial charge in [0.25, 0.3) is 0 Å². The molecule has 0 saturated carbocycles. The molecule has 0 amide bonds. The van der Waals surface area contributed by atoms with Gasteiger partial charge in [-0.05, 0) is 67.8 Å². The van der Waals surface area contributed by atoms with E-state index in [9.17, 15) is 9.18 Å². The number of hydrogen-bond acceptors (Lipinski definition) is 7. The Kier molecular flexibility index (Phi) is 8.51.